The third-order valence-electron chi connectivity index (χ3n) is 7.13. The summed E-state index contributed by atoms with van der Waals surface area (Å²) >= 11 is 6.22. The molecule has 0 radical (unpaired) electrons. The molecule has 2 aromatic carbocycles. The van der Waals surface area contributed by atoms with Gasteiger partial charge in [-0.3, -0.25) is 4.99 Å². The zero-order valence-corrected chi connectivity index (χ0v) is 21.9. The van der Waals surface area contributed by atoms with Crippen molar-refractivity contribution in [3.05, 3.63) is 63.7 Å². The van der Waals surface area contributed by atoms with E-state index < -0.39 is 0 Å². The van der Waals surface area contributed by atoms with Crippen LogP contribution in [0.1, 0.15) is 35.1 Å². The molecule has 0 saturated carbocycles. The number of likely N-dealkylation sites (N-methyl/N-ethyl adjacent to an activating group) is 2. The Bertz CT molecular complexity index is 1010. The van der Waals surface area contributed by atoms with E-state index in [2.05, 4.69) is 61.5 Å². The van der Waals surface area contributed by atoms with Gasteiger partial charge in [-0.25, -0.2) is 0 Å². The number of benzene rings is 2. The van der Waals surface area contributed by atoms with Gasteiger partial charge in [0.25, 0.3) is 0 Å². The van der Waals surface area contributed by atoms with E-state index in [1.807, 2.05) is 18.2 Å². The van der Waals surface area contributed by atoms with Crippen LogP contribution in [0.5, 0.6) is 0 Å². The van der Waals surface area contributed by atoms with Crippen molar-refractivity contribution in [2.24, 2.45) is 10.4 Å². The molecule has 0 unspecified atom stereocenters. The molecule has 184 valence electrons. The van der Waals surface area contributed by atoms with Gasteiger partial charge in [-0.2, -0.15) is 0 Å². The average molecular weight is 483 g/mol. The van der Waals surface area contributed by atoms with Gasteiger partial charge in [-0.1, -0.05) is 29.8 Å². The van der Waals surface area contributed by atoms with Gasteiger partial charge in [0.2, 0.25) is 0 Å². The number of hydrogen-bond acceptors (Lipinski definition) is 4. The van der Waals surface area contributed by atoms with Gasteiger partial charge in [0.1, 0.15) is 5.84 Å². The molecule has 4 rings (SSSR count). The second kappa shape index (κ2) is 11.2. The average Bonchev–Trinajstić information content (AvgIpc) is 2.80. The van der Waals surface area contributed by atoms with Crippen LogP contribution in [0.15, 0.2) is 41.4 Å². The molecule has 34 heavy (non-hydrogen) atoms. The van der Waals surface area contributed by atoms with Crippen molar-refractivity contribution < 1.29 is 4.74 Å². The van der Waals surface area contributed by atoms with Crippen LogP contribution in [0.3, 0.4) is 0 Å². The molecule has 1 spiro atoms. The number of anilines is 1. The first kappa shape index (κ1) is 25.2. The van der Waals surface area contributed by atoms with Gasteiger partial charge < -0.3 is 19.9 Å². The van der Waals surface area contributed by atoms with E-state index in [4.69, 9.17) is 21.3 Å². The number of nitrogens with one attached hydrogen (secondary N) is 1. The van der Waals surface area contributed by atoms with Crippen molar-refractivity contribution in [3.63, 3.8) is 0 Å². The molecule has 0 aliphatic carbocycles. The molecule has 5 nitrogen and oxygen atoms in total. The van der Waals surface area contributed by atoms with Crippen molar-refractivity contribution in [2.75, 3.05) is 59.8 Å². The first-order valence-corrected chi connectivity index (χ1v) is 12.8. The molecule has 0 bridgehead atoms. The van der Waals surface area contributed by atoms with Gasteiger partial charge in [-0.15, -0.1) is 0 Å². The van der Waals surface area contributed by atoms with E-state index in [9.17, 15) is 0 Å². The molecule has 2 aliphatic heterocycles. The van der Waals surface area contributed by atoms with Gasteiger partial charge in [0.15, 0.2) is 0 Å². The summed E-state index contributed by atoms with van der Waals surface area (Å²) in [5.74, 6) is 1.11. The van der Waals surface area contributed by atoms with Crippen molar-refractivity contribution >= 4 is 23.1 Å². The first-order chi connectivity index (χ1) is 16.3. The molecule has 2 aliphatic rings. The lowest BCUT2D eigenvalue weighted by atomic mass is 9.71. The third kappa shape index (κ3) is 6.19. The van der Waals surface area contributed by atoms with E-state index in [-0.39, 0.29) is 5.41 Å². The molecule has 6 heteroatoms. The third-order valence-corrected chi connectivity index (χ3v) is 7.36. The summed E-state index contributed by atoms with van der Waals surface area (Å²) in [4.78, 5) is 9.67. The molecular weight excluding hydrogens is 444 g/mol. The van der Waals surface area contributed by atoms with Crippen LogP contribution in [0.25, 0.3) is 0 Å². The smallest absolute Gasteiger partial charge is 0.108 e. The van der Waals surface area contributed by atoms with Crippen LogP contribution in [0.4, 0.5) is 5.69 Å². The van der Waals surface area contributed by atoms with Crippen molar-refractivity contribution in [2.45, 2.75) is 38.6 Å². The standard InChI is InChI=1S/C28H39ClN4O/c1-32(2)12-8-22-17-24-19-28(10-14-34-15-11-28)27(30-20-21-6-5-7-25(29)16-21)31-26(24)18-23(22)9-13-33(3)4/h5-7,16-18H,8-15,19-20H2,1-4H3,(H,30,31). The fourth-order valence-corrected chi connectivity index (χ4v) is 5.27. The van der Waals surface area contributed by atoms with Crippen LogP contribution in [0, 0.1) is 5.41 Å². The summed E-state index contributed by atoms with van der Waals surface area (Å²) in [6.07, 6.45) is 5.16. The lowest BCUT2D eigenvalue weighted by Crippen LogP contribution is -2.46. The van der Waals surface area contributed by atoms with E-state index in [0.717, 1.165) is 74.8 Å². The molecule has 0 atom stereocenters. The van der Waals surface area contributed by atoms with Crippen LogP contribution < -0.4 is 5.32 Å². The maximum atomic E-state index is 6.22. The minimum atomic E-state index is 0.0216. The normalized spacial score (nSPS) is 18.5. The van der Waals surface area contributed by atoms with Crippen LogP contribution in [0.2, 0.25) is 5.02 Å². The highest BCUT2D eigenvalue weighted by atomic mass is 35.5. The predicted octanol–water partition coefficient (Wildman–Crippen LogP) is 4.91. The second-order valence-electron chi connectivity index (χ2n) is 10.4. The number of nitrogens with zero attached hydrogens (tertiary/aromatic N) is 3. The minimum Gasteiger partial charge on any atom is -0.381 e. The molecule has 2 aromatic rings. The van der Waals surface area contributed by atoms with Gasteiger partial charge in [-0.05, 0) is 101 Å². The fraction of sp³-hybridized carbons (Fsp3) is 0.536. The van der Waals surface area contributed by atoms with Crippen LogP contribution >= 0.6 is 11.6 Å². The molecule has 2 heterocycles. The Morgan fingerprint density at radius 1 is 0.971 bits per heavy atom. The summed E-state index contributed by atoms with van der Waals surface area (Å²) in [7, 11) is 8.59. The Kier molecular flexibility index (Phi) is 8.30. The number of halogens is 1. The summed E-state index contributed by atoms with van der Waals surface area (Å²) < 4.78 is 5.76. The van der Waals surface area contributed by atoms with E-state index >= 15 is 0 Å². The molecular formula is C28H39ClN4O. The van der Waals surface area contributed by atoms with Crippen LogP contribution in [-0.2, 0) is 30.5 Å². The number of fused-ring (bicyclic) bond motifs is 1. The quantitative estimate of drug-likeness (QED) is 0.580. The highest BCUT2D eigenvalue weighted by Gasteiger charge is 2.41. The van der Waals surface area contributed by atoms with Crippen LogP contribution in [-0.4, -0.2) is 70.1 Å². The molecule has 0 amide bonds. The maximum absolute atomic E-state index is 6.22. The van der Waals surface area contributed by atoms with Gasteiger partial charge in [0.05, 0.1) is 6.54 Å². The second-order valence-corrected chi connectivity index (χ2v) is 10.8. The molecule has 0 aromatic heterocycles. The molecule has 1 saturated heterocycles. The number of hydrogen-bond donors (Lipinski definition) is 1. The zero-order chi connectivity index (χ0) is 24.1. The summed E-state index contributed by atoms with van der Waals surface area (Å²) in [6.45, 7) is 4.33. The Morgan fingerprint density at radius 2 is 1.65 bits per heavy atom. The highest BCUT2D eigenvalue weighted by Crippen LogP contribution is 2.43. The topological polar surface area (TPSA) is 40.1 Å². The Balaban J connectivity index is 1.67. The Morgan fingerprint density at radius 3 is 2.29 bits per heavy atom. The monoisotopic (exact) mass is 482 g/mol. The summed E-state index contributed by atoms with van der Waals surface area (Å²) in [5.41, 5.74) is 6.74. The summed E-state index contributed by atoms with van der Waals surface area (Å²) in [6, 6.07) is 12.9. The number of aliphatic imine (C=N–C) groups is 1. The van der Waals surface area contributed by atoms with E-state index in [1.54, 1.807) is 0 Å². The Labute approximate surface area is 210 Å². The van der Waals surface area contributed by atoms with Gasteiger partial charge >= 0.3 is 0 Å². The maximum Gasteiger partial charge on any atom is 0.108 e. The zero-order valence-electron chi connectivity index (χ0n) is 21.2. The fourth-order valence-electron chi connectivity index (χ4n) is 5.05. The number of rotatable bonds is 8. The van der Waals surface area contributed by atoms with Crippen molar-refractivity contribution in [3.8, 4) is 0 Å². The lowest BCUT2D eigenvalue weighted by molar-refractivity contribution is 0.0448. The van der Waals surface area contributed by atoms with E-state index in [1.165, 1.54) is 22.4 Å². The lowest BCUT2D eigenvalue weighted by Gasteiger charge is -2.43. The highest BCUT2D eigenvalue weighted by molar-refractivity contribution is 6.30. The van der Waals surface area contributed by atoms with E-state index in [0.29, 0.717) is 6.54 Å². The predicted molar refractivity (Wildman–Crippen MR) is 143 cm³/mol. The number of amidine groups is 1. The van der Waals surface area contributed by atoms with Crippen molar-refractivity contribution in [1.29, 1.82) is 0 Å². The SMILES string of the molecule is CN(C)CCc1cc2c(cc1CCN(C)C)NC(=NCc1cccc(Cl)c1)C1(CCOCC1)C2. The van der Waals surface area contributed by atoms with Gasteiger partial charge in [0, 0.05) is 42.4 Å². The largest absolute Gasteiger partial charge is 0.381 e. The number of ether oxygens (including phenoxy) is 1. The minimum absolute atomic E-state index is 0.0216. The molecule has 1 fully saturated rings. The summed E-state index contributed by atoms with van der Waals surface area (Å²) in [5, 5.41) is 4.56. The first-order valence-electron chi connectivity index (χ1n) is 12.4. The molecule has 1 N–H and O–H groups in total. The Hall–Kier alpha value is -1.92. The van der Waals surface area contributed by atoms with Crippen molar-refractivity contribution in [1.82, 2.24) is 9.80 Å².